The molecule has 2 aliphatic heterocycles. The van der Waals surface area contributed by atoms with Crippen LogP contribution in [0, 0.1) is 3.57 Å². The summed E-state index contributed by atoms with van der Waals surface area (Å²) in [5.74, 6) is -0.395. The molecule has 1 saturated heterocycles. The van der Waals surface area contributed by atoms with Crippen molar-refractivity contribution < 1.29 is 18.0 Å². The van der Waals surface area contributed by atoms with Gasteiger partial charge in [-0.1, -0.05) is 12.1 Å². The third-order valence-electron chi connectivity index (χ3n) is 5.17. The zero-order valence-corrected chi connectivity index (χ0v) is 19.0. The average molecular weight is 537 g/mol. The third-order valence-corrected chi connectivity index (χ3v) is 7.45. The predicted octanol–water partition coefficient (Wildman–Crippen LogP) is 2.24. The molecule has 2 aromatic carbocycles. The second-order valence-corrected chi connectivity index (χ2v) is 10.8. The maximum absolute atomic E-state index is 12.3. The zero-order valence-electron chi connectivity index (χ0n) is 16.0. The summed E-state index contributed by atoms with van der Waals surface area (Å²) >= 11 is 2.15. The van der Waals surface area contributed by atoms with Crippen LogP contribution >= 0.6 is 22.6 Å². The fraction of sp³-hybridized carbons (Fsp3) is 0.238. The third kappa shape index (κ3) is 4.73. The minimum absolute atomic E-state index is 0.213. The van der Waals surface area contributed by atoms with Crippen molar-refractivity contribution in [2.45, 2.75) is 6.54 Å². The second kappa shape index (κ2) is 8.48. The van der Waals surface area contributed by atoms with Gasteiger partial charge in [0.15, 0.2) is 9.84 Å². The highest BCUT2D eigenvalue weighted by molar-refractivity contribution is 14.1. The summed E-state index contributed by atoms with van der Waals surface area (Å²) < 4.78 is 24.0. The number of benzene rings is 2. The van der Waals surface area contributed by atoms with E-state index in [1.54, 1.807) is 12.3 Å². The van der Waals surface area contributed by atoms with E-state index in [2.05, 4.69) is 38.1 Å². The molecule has 4 rings (SSSR count). The molecular weight excluding hydrogens is 517 g/mol. The van der Waals surface area contributed by atoms with Crippen molar-refractivity contribution in [2.24, 2.45) is 0 Å². The van der Waals surface area contributed by atoms with Crippen LogP contribution in [0.1, 0.15) is 21.5 Å². The Morgan fingerprint density at radius 1 is 1.00 bits per heavy atom. The van der Waals surface area contributed by atoms with Gasteiger partial charge in [-0.2, -0.15) is 0 Å². The monoisotopic (exact) mass is 537 g/mol. The van der Waals surface area contributed by atoms with Gasteiger partial charge in [0.2, 0.25) is 0 Å². The van der Waals surface area contributed by atoms with E-state index in [1.807, 2.05) is 36.4 Å². The maximum Gasteiger partial charge on any atom is 0.260 e. The van der Waals surface area contributed by atoms with Gasteiger partial charge in [0.25, 0.3) is 11.8 Å². The number of imide groups is 1. The second-order valence-electron chi connectivity index (χ2n) is 7.30. The van der Waals surface area contributed by atoms with E-state index in [1.165, 1.54) is 0 Å². The number of nitrogens with zero attached hydrogens (tertiary/aromatic N) is 1. The molecule has 0 atom stereocenters. The van der Waals surface area contributed by atoms with E-state index in [0.29, 0.717) is 36.3 Å². The summed E-state index contributed by atoms with van der Waals surface area (Å²) in [5.41, 5.74) is 3.39. The highest BCUT2D eigenvalue weighted by Crippen LogP contribution is 2.26. The van der Waals surface area contributed by atoms with Gasteiger partial charge in [-0.05, 0) is 58.5 Å². The molecule has 30 heavy (non-hydrogen) atoms. The summed E-state index contributed by atoms with van der Waals surface area (Å²) in [5, 5.41) is 5.50. The summed E-state index contributed by atoms with van der Waals surface area (Å²) in [7, 11) is -2.88. The largest absolute Gasteiger partial charge is 0.361 e. The number of fused-ring (bicyclic) bond motifs is 1. The van der Waals surface area contributed by atoms with Crippen LogP contribution < -0.4 is 10.6 Å². The van der Waals surface area contributed by atoms with Gasteiger partial charge in [0.1, 0.15) is 0 Å². The molecule has 7 nitrogen and oxygen atoms in total. The van der Waals surface area contributed by atoms with Crippen molar-refractivity contribution in [3.63, 3.8) is 0 Å². The molecule has 0 saturated carbocycles. The number of carbonyl (C=O) groups is 2. The normalized spacial score (nSPS) is 20.0. The van der Waals surface area contributed by atoms with Gasteiger partial charge in [0, 0.05) is 46.2 Å². The molecule has 0 bridgehead atoms. The van der Waals surface area contributed by atoms with Crippen molar-refractivity contribution in [1.29, 1.82) is 0 Å². The number of sulfone groups is 1. The molecule has 156 valence electrons. The molecular formula is C21H20IN3O4S. The van der Waals surface area contributed by atoms with Crippen LogP contribution in [0.5, 0.6) is 0 Å². The van der Waals surface area contributed by atoms with Crippen molar-refractivity contribution >= 4 is 55.5 Å². The van der Waals surface area contributed by atoms with E-state index < -0.39 is 21.7 Å². The molecule has 2 heterocycles. The lowest BCUT2D eigenvalue weighted by Crippen LogP contribution is -2.39. The van der Waals surface area contributed by atoms with Crippen LogP contribution in [0.15, 0.2) is 48.7 Å². The molecule has 0 aromatic heterocycles. The standard InChI is InChI=1S/C21H20IN3O4S/c22-15-3-6-17-18(11-15)19(21(27)24-20(17)26)12-23-16-4-1-14(2-5-16)13-25-7-9-30(28,29)10-8-25/h1-6,11-12,23H,7-10,13H2,(H,24,26,27)/b19-12-. The average Bonchev–Trinajstić information content (AvgIpc) is 2.70. The molecule has 1 fully saturated rings. The molecule has 2 aromatic rings. The van der Waals surface area contributed by atoms with Crippen LogP contribution in [-0.2, 0) is 21.2 Å². The number of amides is 2. The Hall–Kier alpha value is -2.24. The first-order valence-corrected chi connectivity index (χ1v) is 12.3. The minimum atomic E-state index is -2.88. The topological polar surface area (TPSA) is 95.6 Å². The fourth-order valence-electron chi connectivity index (χ4n) is 3.47. The van der Waals surface area contributed by atoms with Gasteiger partial charge in [-0.15, -0.1) is 0 Å². The van der Waals surface area contributed by atoms with E-state index in [0.717, 1.165) is 14.8 Å². The van der Waals surface area contributed by atoms with Gasteiger partial charge >= 0.3 is 0 Å². The van der Waals surface area contributed by atoms with Crippen molar-refractivity contribution in [3.05, 3.63) is 68.9 Å². The number of nitrogens with one attached hydrogen (secondary N) is 2. The maximum atomic E-state index is 12.3. The minimum Gasteiger partial charge on any atom is -0.361 e. The van der Waals surface area contributed by atoms with Crippen molar-refractivity contribution in [3.8, 4) is 0 Å². The van der Waals surface area contributed by atoms with E-state index in [-0.39, 0.29) is 11.5 Å². The van der Waals surface area contributed by atoms with Crippen LogP contribution in [0.2, 0.25) is 0 Å². The van der Waals surface area contributed by atoms with Crippen molar-refractivity contribution in [1.82, 2.24) is 10.2 Å². The molecule has 0 spiro atoms. The van der Waals surface area contributed by atoms with Crippen molar-refractivity contribution in [2.75, 3.05) is 29.9 Å². The summed E-state index contributed by atoms with van der Waals surface area (Å²) in [6.45, 7) is 1.81. The van der Waals surface area contributed by atoms with Crippen LogP contribution in [0.4, 0.5) is 5.69 Å². The zero-order chi connectivity index (χ0) is 21.3. The summed E-state index contributed by atoms with van der Waals surface area (Å²) in [6.07, 6.45) is 1.61. The Kier molecular flexibility index (Phi) is 5.94. The smallest absolute Gasteiger partial charge is 0.260 e. The van der Waals surface area contributed by atoms with E-state index in [9.17, 15) is 18.0 Å². The fourth-order valence-corrected chi connectivity index (χ4v) is 5.24. The SMILES string of the molecule is O=C1NC(=O)c2ccc(I)cc2/C1=C/Nc1ccc(CN2CCS(=O)(=O)CC2)cc1. The Balaban J connectivity index is 1.46. The predicted molar refractivity (Wildman–Crippen MR) is 124 cm³/mol. The first-order chi connectivity index (χ1) is 14.3. The summed E-state index contributed by atoms with van der Waals surface area (Å²) in [4.78, 5) is 26.5. The molecule has 2 amide bonds. The Morgan fingerprint density at radius 3 is 2.40 bits per heavy atom. The first kappa shape index (κ1) is 21.0. The highest BCUT2D eigenvalue weighted by Gasteiger charge is 2.27. The van der Waals surface area contributed by atoms with Gasteiger partial charge < -0.3 is 5.32 Å². The molecule has 0 unspecified atom stereocenters. The Bertz CT molecular complexity index is 1130. The molecule has 9 heteroatoms. The number of hydrogen-bond acceptors (Lipinski definition) is 6. The lowest BCUT2D eigenvalue weighted by molar-refractivity contribution is -0.114. The van der Waals surface area contributed by atoms with Gasteiger partial charge in [-0.25, -0.2) is 8.42 Å². The highest BCUT2D eigenvalue weighted by atomic mass is 127. The van der Waals surface area contributed by atoms with E-state index in [4.69, 9.17) is 0 Å². The Labute approximate surface area is 188 Å². The number of halogens is 1. The Morgan fingerprint density at radius 2 is 1.70 bits per heavy atom. The lowest BCUT2D eigenvalue weighted by Gasteiger charge is -2.26. The van der Waals surface area contributed by atoms with Gasteiger partial charge in [-0.3, -0.25) is 19.8 Å². The molecule has 0 radical (unpaired) electrons. The number of carbonyl (C=O) groups excluding carboxylic acids is 2. The number of hydrogen-bond donors (Lipinski definition) is 2. The number of anilines is 1. The van der Waals surface area contributed by atoms with Crippen LogP contribution in [0.25, 0.3) is 5.57 Å². The first-order valence-electron chi connectivity index (χ1n) is 9.45. The lowest BCUT2D eigenvalue weighted by atomic mass is 9.95. The molecule has 0 aliphatic carbocycles. The van der Waals surface area contributed by atoms with Crippen LogP contribution in [0.3, 0.4) is 0 Å². The van der Waals surface area contributed by atoms with Crippen LogP contribution in [-0.4, -0.2) is 49.7 Å². The number of rotatable bonds is 4. The summed E-state index contributed by atoms with van der Waals surface area (Å²) in [6, 6.07) is 13.1. The molecule has 2 aliphatic rings. The quantitative estimate of drug-likeness (QED) is 0.353. The molecule has 2 N–H and O–H groups in total. The van der Waals surface area contributed by atoms with Gasteiger partial charge in [0.05, 0.1) is 17.1 Å². The van der Waals surface area contributed by atoms with E-state index >= 15 is 0 Å².